The Bertz CT molecular complexity index is 460. The minimum absolute atomic E-state index is 0.350. The number of nitrogens with zero attached hydrogens (tertiary/aromatic N) is 1. The average molecular weight is 357 g/mol. The topological polar surface area (TPSA) is 15.3 Å². The van der Waals surface area contributed by atoms with Crippen molar-refractivity contribution in [2.45, 2.75) is 45.0 Å². The third-order valence-corrected chi connectivity index (χ3v) is 5.56. The van der Waals surface area contributed by atoms with Crippen LogP contribution in [0.5, 0.6) is 0 Å². The first-order chi connectivity index (χ1) is 9.37. The highest BCUT2D eigenvalue weighted by Gasteiger charge is 2.27. The number of nitrogens with one attached hydrogen (secondary N) is 1. The molecule has 1 aromatic rings. The third-order valence-electron chi connectivity index (χ3n) is 3.53. The van der Waals surface area contributed by atoms with E-state index in [9.17, 15) is 0 Å². The molecule has 112 valence electrons. The minimum atomic E-state index is 0.350. The Morgan fingerprint density at radius 1 is 1.40 bits per heavy atom. The fourth-order valence-electron chi connectivity index (χ4n) is 2.43. The summed E-state index contributed by atoms with van der Waals surface area (Å²) in [7, 11) is 0. The molecule has 2 rings (SSSR count). The summed E-state index contributed by atoms with van der Waals surface area (Å²) in [6, 6.07) is 7.28. The van der Waals surface area contributed by atoms with Gasteiger partial charge >= 0.3 is 0 Å². The van der Waals surface area contributed by atoms with Crippen LogP contribution in [0, 0.1) is 0 Å². The average Bonchev–Trinajstić information content (AvgIpc) is 2.36. The molecular formula is C16H25BrN2S. The molecule has 0 unspecified atom stereocenters. The molecule has 0 aliphatic carbocycles. The van der Waals surface area contributed by atoms with Gasteiger partial charge in [-0.2, -0.15) is 11.8 Å². The standard InChI is InChI=1S/C16H25BrN2S/c1-12(2)18-10-13-5-6-14(9-15(13)17)19-7-8-20-16(3,4)11-19/h5-6,9,12,18H,7-8,10-11H2,1-4H3. The van der Waals surface area contributed by atoms with Crippen molar-refractivity contribution in [1.29, 1.82) is 0 Å². The molecule has 0 saturated carbocycles. The number of anilines is 1. The molecule has 1 heterocycles. The van der Waals surface area contributed by atoms with E-state index in [0.717, 1.165) is 19.6 Å². The van der Waals surface area contributed by atoms with E-state index < -0.39 is 0 Å². The Morgan fingerprint density at radius 3 is 2.75 bits per heavy atom. The molecular weight excluding hydrogens is 332 g/mol. The molecule has 1 aliphatic rings. The second-order valence-corrected chi connectivity index (χ2v) is 9.00. The van der Waals surface area contributed by atoms with Crippen LogP contribution >= 0.6 is 27.7 Å². The molecule has 0 aromatic heterocycles. The second-order valence-electron chi connectivity index (χ2n) is 6.34. The molecule has 20 heavy (non-hydrogen) atoms. The van der Waals surface area contributed by atoms with Crippen molar-refractivity contribution >= 4 is 33.4 Å². The fraction of sp³-hybridized carbons (Fsp3) is 0.625. The third kappa shape index (κ3) is 4.40. The molecule has 4 heteroatoms. The van der Waals surface area contributed by atoms with Gasteiger partial charge in [-0.15, -0.1) is 0 Å². The van der Waals surface area contributed by atoms with Gasteiger partial charge in [-0.1, -0.05) is 35.8 Å². The van der Waals surface area contributed by atoms with Gasteiger partial charge in [0.2, 0.25) is 0 Å². The maximum atomic E-state index is 3.72. The van der Waals surface area contributed by atoms with Gasteiger partial charge in [-0.25, -0.2) is 0 Å². The molecule has 0 amide bonds. The lowest BCUT2D eigenvalue weighted by Crippen LogP contribution is -2.43. The molecule has 0 radical (unpaired) electrons. The van der Waals surface area contributed by atoms with Crippen LogP contribution in [0.2, 0.25) is 0 Å². The van der Waals surface area contributed by atoms with Crippen LogP contribution in [0.3, 0.4) is 0 Å². The van der Waals surface area contributed by atoms with Crippen LogP contribution in [0.25, 0.3) is 0 Å². The number of halogens is 1. The normalized spacial score (nSPS) is 18.6. The van der Waals surface area contributed by atoms with Crippen molar-refractivity contribution in [3.63, 3.8) is 0 Å². The van der Waals surface area contributed by atoms with Crippen LogP contribution in [-0.2, 0) is 6.54 Å². The number of thioether (sulfide) groups is 1. The Balaban J connectivity index is 2.08. The summed E-state index contributed by atoms with van der Waals surface area (Å²) in [4.78, 5) is 2.50. The molecule has 1 N–H and O–H groups in total. The summed E-state index contributed by atoms with van der Waals surface area (Å²) in [5, 5.41) is 3.47. The zero-order valence-electron chi connectivity index (χ0n) is 12.9. The maximum Gasteiger partial charge on any atom is 0.0378 e. The molecule has 1 aliphatic heterocycles. The van der Waals surface area contributed by atoms with Crippen molar-refractivity contribution in [2.75, 3.05) is 23.7 Å². The van der Waals surface area contributed by atoms with E-state index in [4.69, 9.17) is 0 Å². The SMILES string of the molecule is CC(C)NCc1ccc(N2CCSC(C)(C)C2)cc1Br. The molecule has 2 nitrogen and oxygen atoms in total. The van der Waals surface area contributed by atoms with Gasteiger partial charge in [0.05, 0.1) is 0 Å². The zero-order chi connectivity index (χ0) is 14.8. The van der Waals surface area contributed by atoms with Crippen molar-refractivity contribution in [3.8, 4) is 0 Å². The first-order valence-electron chi connectivity index (χ1n) is 7.28. The van der Waals surface area contributed by atoms with E-state index in [-0.39, 0.29) is 0 Å². The van der Waals surface area contributed by atoms with Crippen LogP contribution < -0.4 is 10.2 Å². The Hall–Kier alpha value is -0.190. The van der Waals surface area contributed by atoms with Crippen LogP contribution in [0.15, 0.2) is 22.7 Å². The van der Waals surface area contributed by atoms with Crippen molar-refractivity contribution < 1.29 is 0 Å². The molecule has 1 fully saturated rings. The monoisotopic (exact) mass is 356 g/mol. The molecule has 0 bridgehead atoms. The summed E-state index contributed by atoms with van der Waals surface area (Å²) < 4.78 is 1.56. The summed E-state index contributed by atoms with van der Waals surface area (Å²) in [5.41, 5.74) is 2.66. The van der Waals surface area contributed by atoms with E-state index in [1.807, 2.05) is 0 Å². The molecule has 0 spiro atoms. The number of hydrogen-bond donors (Lipinski definition) is 1. The largest absolute Gasteiger partial charge is 0.369 e. The quantitative estimate of drug-likeness (QED) is 0.866. The van der Waals surface area contributed by atoms with Crippen molar-refractivity contribution in [3.05, 3.63) is 28.2 Å². The first-order valence-corrected chi connectivity index (χ1v) is 9.06. The van der Waals surface area contributed by atoms with Crippen LogP contribution in [0.4, 0.5) is 5.69 Å². The maximum absolute atomic E-state index is 3.72. The Labute approximate surface area is 135 Å². The number of hydrogen-bond acceptors (Lipinski definition) is 3. The smallest absolute Gasteiger partial charge is 0.0378 e. The van der Waals surface area contributed by atoms with Gasteiger partial charge in [-0.05, 0) is 31.5 Å². The molecule has 0 atom stereocenters. The lowest BCUT2D eigenvalue weighted by Gasteiger charge is -2.39. The van der Waals surface area contributed by atoms with Gasteiger partial charge in [0, 0.05) is 46.3 Å². The van der Waals surface area contributed by atoms with Gasteiger partial charge in [0.1, 0.15) is 0 Å². The van der Waals surface area contributed by atoms with Gasteiger partial charge in [0.25, 0.3) is 0 Å². The highest BCUT2D eigenvalue weighted by atomic mass is 79.9. The minimum Gasteiger partial charge on any atom is -0.369 e. The Kier molecular flexibility index (Phi) is 5.43. The predicted octanol–water partition coefficient (Wildman–Crippen LogP) is 4.28. The van der Waals surface area contributed by atoms with E-state index in [1.165, 1.54) is 21.5 Å². The van der Waals surface area contributed by atoms with E-state index >= 15 is 0 Å². The summed E-state index contributed by atoms with van der Waals surface area (Å²) in [5.74, 6) is 1.21. The number of benzene rings is 1. The van der Waals surface area contributed by atoms with Crippen LogP contribution in [-0.4, -0.2) is 29.6 Å². The van der Waals surface area contributed by atoms with Crippen molar-refractivity contribution in [1.82, 2.24) is 5.32 Å². The highest BCUT2D eigenvalue weighted by molar-refractivity contribution is 9.10. The lowest BCUT2D eigenvalue weighted by molar-refractivity contribution is 0.587. The van der Waals surface area contributed by atoms with Crippen molar-refractivity contribution in [2.24, 2.45) is 0 Å². The number of rotatable bonds is 4. The Morgan fingerprint density at radius 2 is 2.15 bits per heavy atom. The van der Waals surface area contributed by atoms with E-state index in [2.05, 4.69) is 83.8 Å². The summed E-state index contributed by atoms with van der Waals surface area (Å²) >= 11 is 5.79. The predicted molar refractivity (Wildman–Crippen MR) is 94.9 cm³/mol. The highest BCUT2D eigenvalue weighted by Crippen LogP contribution is 2.33. The van der Waals surface area contributed by atoms with Crippen LogP contribution in [0.1, 0.15) is 33.3 Å². The second kappa shape index (κ2) is 6.71. The van der Waals surface area contributed by atoms with Gasteiger partial charge in [0.15, 0.2) is 0 Å². The molecule has 1 aromatic carbocycles. The van der Waals surface area contributed by atoms with E-state index in [0.29, 0.717) is 10.8 Å². The molecule has 1 saturated heterocycles. The van der Waals surface area contributed by atoms with E-state index in [1.54, 1.807) is 0 Å². The zero-order valence-corrected chi connectivity index (χ0v) is 15.3. The van der Waals surface area contributed by atoms with Gasteiger partial charge < -0.3 is 10.2 Å². The fourth-order valence-corrected chi connectivity index (χ4v) is 4.05. The lowest BCUT2D eigenvalue weighted by atomic mass is 10.1. The summed E-state index contributed by atoms with van der Waals surface area (Å²) in [6.45, 7) is 12.2. The first kappa shape index (κ1) is 16.2. The summed E-state index contributed by atoms with van der Waals surface area (Å²) in [6.07, 6.45) is 0. The van der Waals surface area contributed by atoms with Gasteiger partial charge in [-0.3, -0.25) is 0 Å².